The van der Waals surface area contributed by atoms with E-state index in [0.717, 1.165) is 31.2 Å². The second-order valence-corrected chi connectivity index (χ2v) is 6.91. The van der Waals surface area contributed by atoms with Crippen LogP contribution < -0.4 is 0 Å². The first kappa shape index (κ1) is 20.2. The van der Waals surface area contributed by atoms with Crippen molar-refractivity contribution in [3.05, 3.63) is 47.5 Å². The molecule has 2 atom stereocenters. The van der Waals surface area contributed by atoms with E-state index in [2.05, 4.69) is 6.92 Å². The molecule has 1 heterocycles. The molecule has 0 spiro atoms. The van der Waals surface area contributed by atoms with Crippen LogP contribution in [0.3, 0.4) is 0 Å². The monoisotopic (exact) mass is 359 g/mol. The molecule has 0 aliphatic carbocycles. The van der Waals surface area contributed by atoms with Gasteiger partial charge in [-0.1, -0.05) is 44.1 Å². The lowest BCUT2D eigenvalue weighted by Gasteiger charge is -2.22. The summed E-state index contributed by atoms with van der Waals surface area (Å²) in [5.41, 5.74) is 1.29. The van der Waals surface area contributed by atoms with Crippen LogP contribution in [0.15, 0.2) is 36.4 Å². The number of aromatic carboxylic acids is 1. The first-order valence-corrected chi connectivity index (χ1v) is 9.47. The minimum Gasteiger partial charge on any atom is -0.478 e. The highest BCUT2D eigenvalue weighted by Crippen LogP contribution is 2.21. The number of benzene rings is 1. The number of hydrogen-bond acceptors (Lipinski definition) is 3. The average Bonchev–Trinajstić information content (AvgIpc) is 2.98. The summed E-state index contributed by atoms with van der Waals surface area (Å²) in [6.07, 6.45) is 9.40. The Morgan fingerprint density at radius 1 is 1.35 bits per heavy atom. The van der Waals surface area contributed by atoms with Crippen LogP contribution in [0.1, 0.15) is 61.4 Å². The van der Waals surface area contributed by atoms with Crippen molar-refractivity contribution >= 4 is 11.9 Å². The lowest BCUT2D eigenvalue weighted by molar-refractivity contribution is -0.128. The highest BCUT2D eigenvalue weighted by Gasteiger charge is 2.28. The van der Waals surface area contributed by atoms with Crippen molar-refractivity contribution in [3.8, 4) is 0 Å². The summed E-state index contributed by atoms with van der Waals surface area (Å²) in [5.74, 6) is -0.772. The molecular formula is C21H29NO4. The van der Waals surface area contributed by atoms with E-state index in [9.17, 15) is 14.7 Å². The number of hydrogen-bond donors (Lipinski definition) is 2. The first-order valence-electron chi connectivity index (χ1n) is 9.47. The van der Waals surface area contributed by atoms with Crippen LogP contribution in [0.25, 0.3) is 0 Å². The lowest BCUT2D eigenvalue weighted by atomic mass is 10.1. The van der Waals surface area contributed by atoms with Crippen molar-refractivity contribution < 1.29 is 19.8 Å². The summed E-state index contributed by atoms with van der Waals surface area (Å²) >= 11 is 0. The van der Waals surface area contributed by atoms with Crippen LogP contribution in [0, 0.1) is 0 Å². The molecule has 142 valence electrons. The number of aliphatic hydroxyl groups is 1. The molecule has 1 aliphatic heterocycles. The van der Waals surface area contributed by atoms with Crippen LogP contribution in [0.5, 0.6) is 0 Å². The summed E-state index contributed by atoms with van der Waals surface area (Å²) < 4.78 is 0. The molecule has 0 unspecified atom stereocenters. The van der Waals surface area contributed by atoms with Gasteiger partial charge in [-0.15, -0.1) is 0 Å². The molecule has 26 heavy (non-hydrogen) atoms. The van der Waals surface area contributed by atoms with E-state index in [1.165, 1.54) is 0 Å². The number of unbranched alkanes of at least 4 members (excludes halogenated alkanes) is 1. The zero-order valence-electron chi connectivity index (χ0n) is 15.4. The van der Waals surface area contributed by atoms with Gasteiger partial charge in [0.1, 0.15) is 0 Å². The third-order valence-corrected chi connectivity index (χ3v) is 4.87. The fourth-order valence-corrected chi connectivity index (χ4v) is 3.26. The van der Waals surface area contributed by atoms with Gasteiger partial charge in [0.25, 0.3) is 0 Å². The number of aliphatic hydroxyl groups excluding tert-OH is 1. The molecule has 1 amide bonds. The van der Waals surface area contributed by atoms with Gasteiger partial charge in [-0.3, -0.25) is 4.79 Å². The van der Waals surface area contributed by atoms with Crippen LogP contribution in [-0.4, -0.2) is 45.7 Å². The zero-order valence-corrected chi connectivity index (χ0v) is 15.4. The normalized spacial score (nSPS) is 18.6. The topological polar surface area (TPSA) is 77.8 Å². The summed E-state index contributed by atoms with van der Waals surface area (Å²) in [6, 6.07) is 6.90. The molecule has 1 fully saturated rings. The standard InChI is InChI=1S/C21H29NO4/c1-2-3-6-19(23)7-4-5-18-12-13-20(24)22(18)15-14-16-8-10-17(11-9-16)21(25)26/h4-5,8-11,18-19,23H,2-3,6-7,12-15H2,1H3,(H,25,26)/b5-4+/t18-,19-/m0/s1. The van der Waals surface area contributed by atoms with Crippen molar-refractivity contribution in [1.82, 2.24) is 4.90 Å². The molecule has 2 N–H and O–H groups in total. The molecule has 0 aromatic heterocycles. The van der Waals surface area contributed by atoms with Gasteiger partial charge < -0.3 is 15.1 Å². The second kappa shape index (κ2) is 10.1. The molecule has 2 rings (SSSR count). The minimum absolute atomic E-state index is 0.0965. The quantitative estimate of drug-likeness (QED) is 0.628. The van der Waals surface area contributed by atoms with Gasteiger partial charge in [0.15, 0.2) is 0 Å². The van der Waals surface area contributed by atoms with Crippen LogP contribution in [0.2, 0.25) is 0 Å². The maximum Gasteiger partial charge on any atom is 0.335 e. The minimum atomic E-state index is -0.933. The van der Waals surface area contributed by atoms with Crippen molar-refractivity contribution in [2.75, 3.05) is 6.54 Å². The maximum atomic E-state index is 12.2. The van der Waals surface area contributed by atoms with Crippen LogP contribution in [-0.2, 0) is 11.2 Å². The number of carbonyl (C=O) groups excluding carboxylic acids is 1. The first-order chi connectivity index (χ1) is 12.5. The molecule has 1 aromatic rings. The Labute approximate surface area is 155 Å². The Hall–Kier alpha value is -2.14. The lowest BCUT2D eigenvalue weighted by Crippen LogP contribution is -2.33. The van der Waals surface area contributed by atoms with Gasteiger partial charge in [-0.2, -0.15) is 0 Å². The van der Waals surface area contributed by atoms with E-state index in [1.54, 1.807) is 24.3 Å². The fraction of sp³-hybridized carbons (Fsp3) is 0.524. The van der Waals surface area contributed by atoms with Crippen molar-refractivity contribution in [2.45, 2.75) is 64.0 Å². The van der Waals surface area contributed by atoms with E-state index >= 15 is 0 Å². The van der Waals surface area contributed by atoms with Crippen molar-refractivity contribution in [3.63, 3.8) is 0 Å². The fourth-order valence-electron chi connectivity index (χ4n) is 3.26. The third-order valence-electron chi connectivity index (χ3n) is 4.87. The molecule has 1 saturated heterocycles. The molecular weight excluding hydrogens is 330 g/mol. The molecule has 5 heteroatoms. The van der Waals surface area contributed by atoms with Gasteiger partial charge in [-0.05, 0) is 43.4 Å². The van der Waals surface area contributed by atoms with Gasteiger partial charge >= 0.3 is 5.97 Å². The Morgan fingerprint density at radius 3 is 2.73 bits per heavy atom. The molecule has 1 aromatic carbocycles. The average molecular weight is 359 g/mol. The number of carboxylic acid groups (broad SMARTS) is 1. The SMILES string of the molecule is CCCC[C@H](O)C/C=C/[C@H]1CCC(=O)N1CCc1ccc(C(=O)O)cc1. The Morgan fingerprint density at radius 2 is 2.08 bits per heavy atom. The number of amides is 1. The van der Waals surface area contributed by atoms with Crippen LogP contribution in [0.4, 0.5) is 0 Å². The Balaban J connectivity index is 1.85. The summed E-state index contributed by atoms with van der Waals surface area (Å²) in [6.45, 7) is 2.73. The van der Waals surface area contributed by atoms with Crippen LogP contribution >= 0.6 is 0 Å². The van der Waals surface area contributed by atoms with Crippen molar-refractivity contribution in [1.29, 1.82) is 0 Å². The maximum absolute atomic E-state index is 12.2. The van der Waals surface area contributed by atoms with Gasteiger partial charge in [-0.25, -0.2) is 4.79 Å². The number of rotatable bonds is 10. The highest BCUT2D eigenvalue weighted by molar-refractivity contribution is 5.87. The van der Waals surface area contributed by atoms with E-state index in [-0.39, 0.29) is 23.6 Å². The van der Waals surface area contributed by atoms with Crippen molar-refractivity contribution in [2.24, 2.45) is 0 Å². The van der Waals surface area contributed by atoms with E-state index < -0.39 is 5.97 Å². The van der Waals surface area contributed by atoms with Gasteiger partial charge in [0.05, 0.1) is 17.7 Å². The summed E-state index contributed by atoms with van der Waals surface area (Å²) in [4.78, 5) is 24.9. The zero-order chi connectivity index (χ0) is 18.9. The molecule has 0 radical (unpaired) electrons. The highest BCUT2D eigenvalue weighted by atomic mass is 16.4. The van der Waals surface area contributed by atoms with E-state index in [1.807, 2.05) is 17.1 Å². The predicted molar refractivity (Wildman–Crippen MR) is 101 cm³/mol. The number of carboxylic acids is 1. The number of likely N-dealkylation sites (tertiary alicyclic amines) is 1. The van der Waals surface area contributed by atoms with Gasteiger partial charge in [0, 0.05) is 13.0 Å². The summed E-state index contributed by atoms with van der Waals surface area (Å²) in [7, 11) is 0. The van der Waals surface area contributed by atoms with E-state index in [4.69, 9.17) is 5.11 Å². The largest absolute Gasteiger partial charge is 0.478 e. The molecule has 5 nitrogen and oxygen atoms in total. The van der Waals surface area contributed by atoms with E-state index in [0.29, 0.717) is 25.8 Å². The number of carbonyl (C=O) groups is 2. The van der Waals surface area contributed by atoms with Gasteiger partial charge in [0.2, 0.25) is 5.91 Å². The Kier molecular flexibility index (Phi) is 7.85. The molecule has 0 saturated carbocycles. The molecule has 1 aliphatic rings. The smallest absolute Gasteiger partial charge is 0.335 e. The molecule has 0 bridgehead atoms. The summed E-state index contributed by atoms with van der Waals surface area (Å²) in [5, 5.41) is 18.9. The predicted octanol–water partition coefficient (Wildman–Crippen LogP) is 3.42. The number of nitrogens with zero attached hydrogens (tertiary/aromatic N) is 1. The second-order valence-electron chi connectivity index (χ2n) is 6.91. The third kappa shape index (κ3) is 5.99. The Bertz CT molecular complexity index is 623.